The van der Waals surface area contributed by atoms with Crippen LogP contribution in [0.2, 0.25) is 4.34 Å². The van der Waals surface area contributed by atoms with E-state index >= 15 is 0 Å². The summed E-state index contributed by atoms with van der Waals surface area (Å²) < 4.78 is 6.34. The second-order valence-corrected chi connectivity index (χ2v) is 6.42. The summed E-state index contributed by atoms with van der Waals surface area (Å²) in [7, 11) is 1.67. The molecule has 1 N–H and O–H groups in total. The number of hydrogen-bond acceptors (Lipinski definition) is 3. The van der Waals surface area contributed by atoms with Crippen molar-refractivity contribution < 1.29 is 9.53 Å². The van der Waals surface area contributed by atoms with Crippen LogP contribution < -0.4 is 5.32 Å². The van der Waals surface area contributed by atoms with Crippen molar-refractivity contribution in [3.63, 3.8) is 0 Å². The third-order valence-corrected chi connectivity index (χ3v) is 4.82. The van der Waals surface area contributed by atoms with Gasteiger partial charge in [-0.1, -0.05) is 48.9 Å². The molecule has 0 fully saturated rings. The van der Waals surface area contributed by atoms with Gasteiger partial charge in [0, 0.05) is 7.11 Å². The maximum Gasteiger partial charge on any atom is 0.261 e. The number of rotatable bonds is 6. The van der Waals surface area contributed by atoms with E-state index in [9.17, 15) is 4.79 Å². The number of carbonyl (C=O) groups is 1. The van der Waals surface area contributed by atoms with E-state index < -0.39 is 5.60 Å². The molecular formula is C16H18ClNO2S. The maximum atomic E-state index is 12.2. The van der Waals surface area contributed by atoms with Crippen molar-refractivity contribution in [2.24, 2.45) is 0 Å². The summed E-state index contributed by atoms with van der Waals surface area (Å²) in [5, 5.41) is 2.94. The van der Waals surface area contributed by atoms with Crippen molar-refractivity contribution in [2.45, 2.75) is 18.9 Å². The van der Waals surface area contributed by atoms with Crippen LogP contribution in [0.5, 0.6) is 0 Å². The number of methoxy groups -OCH3 is 1. The van der Waals surface area contributed by atoms with Gasteiger partial charge in [0.1, 0.15) is 5.60 Å². The van der Waals surface area contributed by atoms with E-state index in [0.29, 0.717) is 15.8 Å². The first-order valence-corrected chi connectivity index (χ1v) is 7.95. The van der Waals surface area contributed by atoms with Gasteiger partial charge in [0.15, 0.2) is 0 Å². The molecule has 0 saturated heterocycles. The second-order valence-electron chi connectivity index (χ2n) is 4.70. The van der Waals surface area contributed by atoms with Crippen LogP contribution in [0.1, 0.15) is 28.6 Å². The standard InChI is InChI=1S/C16H18ClNO2S/c1-3-16(20-2,12-7-5-4-6-8-12)11-18-15(19)13-9-10-14(17)21-13/h4-10H,3,11H2,1-2H3,(H,18,19)/t16-/m1/s1. The minimum absolute atomic E-state index is 0.127. The van der Waals surface area contributed by atoms with Crippen LogP contribution >= 0.6 is 22.9 Å². The zero-order valence-corrected chi connectivity index (χ0v) is 13.6. The van der Waals surface area contributed by atoms with Gasteiger partial charge in [-0.05, 0) is 24.1 Å². The van der Waals surface area contributed by atoms with Crippen LogP contribution in [0.15, 0.2) is 42.5 Å². The molecule has 5 heteroatoms. The highest BCUT2D eigenvalue weighted by Gasteiger charge is 2.30. The Labute approximate surface area is 133 Å². The van der Waals surface area contributed by atoms with Gasteiger partial charge in [0.25, 0.3) is 5.91 Å². The molecule has 21 heavy (non-hydrogen) atoms. The van der Waals surface area contributed by atoms with E-state index in [-0.39, 0.29) is 5.91 Å². The summed E-state index contributed by atoms with van der Waals surface area (Å²) in [5.41, 5.74) is 0.539. The van der Waals surface area contributed by atoms with Gasteiger partial charge in [0.05, 0.1) is 15.8 Å². The van der Waals surface area contributed by atoms with E-state index in [1.807, 2.05) is 37.3 Å². The summed E-state index contributed by atoms with van der Waals surface area (Å²) in [4.78, 5) is 12.8. The van der Waals surface area contributed by atoms with Crippen LogP contribution in [-0.2, 0) is 10.3 Å². The fourth-order valence-corrected chi connectivity index (χ4v) is 3.21. The fraction of sp³-hybridized carbons (Fsp3) is 0.312. The topological polar surface area (TPSA) is 38.3 Å². The lowest BCUT2D eigenvalue weighted by Gasteiger charge is -2.32. The van der Waals surface area contributed by atoms with Crippen molar-refractivity contribution >= 4 is 28.8 Å². The van der Waals surface area contributed by atoms with E-state index in [1.54, 1.807) is 19.2 Å². The third kappa shape index (κ3) is 3.64. The van der Waals surface area contributed by atoms with Gasteiger partial charge in [-0.15, -0.1) is 11.3 Å². The summed E-state index contributed by atoms with van der Waals surface area (Å²) in [6.45, 7) is 2.46. The minimum atomic E-state index is -0.516. The maximum absolute atomic E-state index is 12.2. The second kappa shape index (κ2) is 7.07. The quantitative estimate of drug-likeness (QED) is 0.869. The van der Waals surface area contributed by atoms with Crippen molar-refractivity contribution in [1.29, 1.82) is 0 Å². The number of carbonyl (C=O) groups excluding carboxylic acids is 1. The summed E-state index contributed by atoms with van der Waals surface area (Å²) in [5.74, 6) is -0.127. The molecule has 3 nitrogen and oxygen atoms in total. The van der Waals surface area contributed by atoms with Gasteiger partial charge in [0.2, 0.25) is 0 Å². The number of benzene rings is 1. The van der Waals surface area contributed by atoms with Crippen LogP contribution in [0.25, 0.3) is 0 Å². The molecule has 0 saturated carbocycles. The summed E-state index contributed by atoms with van der Waals surface area (Å²) in [6, 6.07) is 13.4. The normalized spacial score (nSPS) is 13.7. The Morgan fingerprint density at radius 2 is 2.00 bits per heavy atom. The van der Waals surface area contributed by atoms with Gasteiger partial charge in [-0.25, -0.2) is 0 Å². The van der Waals surface area contributed by atoms with Crippen molar-refractivity contribution in [1.82, 2.24) is 5.32 Å². The third-order valence-electron chi connectivity index (χ3n) is 3.59. The number of hydrogen-bond donors (Lipinski definition) is 1. The Bertz CT molecular complexity index is 593. The Morgan fingerprint density at radius 3 is 2.52 bits per heavy atom. The molecule has 2 aromatic rings. The molecule has 0 unspecified atom stereocenters. The highest BCUT2D eigenvalue weighted by Crippen LogP contribution is 2.28. The van der Waals surface area contributed by atoms with Gasteiger partial charge < -0.3 is 10.1 Å². The number of nitrogens with one attached hydrogen (secondary N) is 1. The fourth-order valence-electron chi connectivity index (χ4n) is 2.25. The Hall–Kier alpha value is -1.36. The smallest absolute Gasteiger partial charge is 0.261 e. The average molecular weight is 324 g/mol. The minimum Gasteiger partial charge on any atom is -0.372 e. The number of thiophene rings is 1. The first kappa shape index (κ1) is 16.0. The lowest BCUT2D eigenvalue weighted by molar-refractivity contribution is -0.0164. The molecule has 0 aliphatic carbocycles. The molecule has 0 spiro atoms. The number of amides is 1. The largest absolute Gasteiger partial charge is 0.372 e. The zero-order valence-electron chi connectivity index (χ0n) is 12.1. The molecule has 1 atom stereocenters. The van der Waals surface area contributed by atoms with Gasteiger partial charge >= 0.3 is 0 Å². The molecule has 1 heterocycles. The average Bonchev–Trinajstić information content (AvgIpc) is 2.96. The highest BCUT2D eigenvalue weighted by molar-refractivity contribution is 7.17. The van der Waals surface area contributed by atoms with E-state index in [2.05, 4.69) is 5.32 Å². The van der Waals surface area contributed by atoms with Crippen LogP contribution in [0.4, 0.5) is 0 Å². The van der Waals surface area contributed by atoms with Crippen molar-refractivity contribution in [3.8, 4) is 0 Å². The molecule has 2 rings (SSSR count). The monoisotopic (exact) mass is 323 g/mol. The number of halogens is 1. The molecule has 0 radical (unpaired) electrons. The molecule has 0 aliphatic heterocycles. The summed E-state index contributed by atoms with van der Waals surface area (Å²) >= 11 is 7.13. The number of ether oxygens (including phenoxy) is 1. The molecule has 1 aromatic heterocycles. The van der Waals surface area contributed by atoms with E-state index in [4.69, 9.17) is 16.3 Å². The Kier molecular flexibility index (Phi) is 5.39. The highest BCUT2D eigenvalue weighted by atomic mass is 35.5. The Morgan fingerprint density at radius 1 is 1.29 bits per heavy atom. The zero-order chi connectivity index (χ0) is 15.3. The van der Waals surface area contributed by atoms with Crippen LogP contribution in [0.3, 0.4) is 0 Å². The van der Waals surface area contributed by atoms with E-state index in [0.717, 1.165) is 12.0 Å². The SMILES string of the molecule is CC[C@](CNC(=O)c1ccc(Cl)s1)(OC)c1ccccc1. The summed E-state index contributed by atoms with van der Waals surface area (Å²) in [6.07, 6.45) is 0.763. The molecule has 1 aromatic carbocycles. The molecule has 0 bridgehead atoms. The first-order valence-electron chi connectivity index (χ1n) is 6.75. The van der Waals surface area contributed by atoms with Crippen molar-refractivity contribution in [3.05, 3.63) is 57.2 Å². The molecular weight excluding hydrogens is 306 g/mol. The lowest BCUT2D eigenvalue weighted by Crippen LogP contribution is -2.41. The Balaban J connectivity index is 2.12. The lowest BCUT2D eigenvalue weighted by atomic mass is 9.90. The van der Waals surface area contributed by atoms with Gasteiger partial charge in [-0.3, -0.25) is 4.79 Å². The molecule has 1 amide bonds. The van der Waals surface area contributed by atoms with E-state index in [1.165, 1.54) is 11.3 Å². The van der Waals surface area contributed by atoms with Crippen LogP contribution in [0, 0.1) is 0 Å². The molecule has 112 valence electrons. The first-order chi connectivity index (χ1) is 10.1. The predicted molar refractivity (Wildman–Crippen MR) is 87.1 cm³/mol. The van der Waals surface area contributed by atoms with Gasteiger partial charge in [-0.2, -0.15) is 0 Å². The predicted octanol–water partition coefficient (Wildman–Crippen LogP) is 4.08. The van der Waals surface area contributed by atoms with Crippen LogP contribution in [-0.4, -0.2) is 19.6 Å². The van der Waals surface area contributed by atoms with Crippen molar-refractivity contribution in [2.75, 3.05) is 13.7 Å². The molecule has 0 aliphatic rings.